The van der Waals surface area contributed by atoms with Gasteiger partial charge in [0, 0.05) is 6.42 Å². The van der Waals surface area contributed by atoms with Crippen LogP contribution in [0.4, 0.5) is 0 Å². The van der Waals surface area contributed by atoms with Crippen molar-refractivity contribution in [2.24, 2.45) is 11.3 Å². The highest BCUT2D eigenvalue weighted by Crippen LogP contribution is 2.37. The number of hydrogen-bond donors (Lipinski definition) is 1. The van der Waals surface area contributed by atoms with Gasteiger partial charge in [-0.15, -0.1) is 0 Å². The molecule has 108 valence electrons. The number of rotatable bonds is 3. The summed E-state index contributed by atoms with van der Waals surface area (Å²) in [5, 5.41) is 10.6. The van der Waals surface area contributed by atoms with Crippen molar-refractivity contribution in [3.8, 4) is 0 Å². The van der Waals surface area contributed by atoms with E-state index in [2.05, 4.69) is 6.92 Å². The molecule has 1 heterocycles. The normalized spacial score (nSPS) is 34.9. The van der Waals surface area contributed by atoms with Gasteiger partial charge in [0.1, 0.15) is 0 Å². The Labute approximate surface area is 115 Å². The zero-order valence-electron chi connectivity index (χ0n) is 12.2. The summed E-state index contributed by atoms with van der Waals surface area (Å²) in [7, 11) is 0. The maximum atomic E-state index is 12.2. The summed E-state index contributed by atoms with van der Waals surface area (Å²) in [6.07, 6.45) is 4.79. The molecule has 4 nitrogen and oxygen atoms in total. The van der Waals surface area contributed by atoms with Gasteiger partial charge >= 0.3 is 0 Å². The zero-order valence-corrected chi connectivity index (χ0v) is 12.2. The Hall–Kier alpha value is -0.900. The summed E-state index contributed by atoms with van der Waals surface area (Å²) < 4.78 is 0. The standard InChI is InChI=1S/C15H25NO3/c1-4-11-5-7-15(19,8-6-11)10-16-12(17)9-14(2,3)13(16)18/h11,19H,4-10H2,1-3H3. The molecule has 0 aromatic rings. The van der Waals surface area contributed by atoms with Crippen LogP contribution in [0.1, 0.15) is 59.3 Å². The SMILES string of the molecule is CCC1CCC(O)(CN2C(=O)CC(C)(C)C2=O)CC1. The molecular formula is C15H25NO3. The van der Waals surface area contributed by atoms with E-state index in [1.807, 2.05) is 0 Å². The second-order valence-electron chi connectivity index (χ2n) is 6.92. The van der Waals surface area contributed by atoms with Crippen molar-refractivity contribution in [2.45, 2.75) is 64.9 Å². The number of likely N-dealkylation sites (tertiary alicyclic amines) is 1. The van der Waals surface area contributed by atoms with E-state index in [4.69, 9.17) is 0 Å². The Morgan fingerprint density at radius 1 is 1.26 bits per heavy atom. The molecule has 1 aliphatic carbocycles. The van der Waals surface area contributed by atoms with Gasteiger partial charge in [0.2, 0.25) is 11.8 Å². The Morgan fingerprint density at radius 2 is 1.84 bits per heavy atom. The Bertz CT molecular complexity index is 381. The maximum absolute atomic E-state index is 12.2. The molecule has 2 rings (SSSR count). The van der Waals surface area contributed by atoms with Gasteiger partial charge in [0.15, 0.2) is 0 Å². The Balaban J connectivity index is 2.02. The summed E-state index contributed by atoms with van der Waals surface area (Å²) in [5.74, 6) is 0.409. The van der Waals surface area contributed by atoms with Crippen LogP contribution in [0.25, 0.3) is 0 Å². The highest BCUT2D eigenvalue weighted by atomic mass is 16.3. The van der Waals surface area contributed by atoms with Gasteiger partial charge in [-0.1, -0.05) is 27.2 Å². The first kappa shape index (κ1) is 14.5. The molecular weight excluding hydrogens is 242 g/mol. The molecule has 0 atom stereocenters. The maximum Gasteiger partial charge on any atom is 0.235 e. The van der Waals surface area contributed by atoms with Crippen molar-refractivity contribution in [2.75, 3.05) is 6.54 Å². The molecule has 0 radical (unpaired) electrons. The molecule has 0 aromatic carbocycles. The molecule has 0 spiro atoms. The van der Waals surface area contributed by atoms with Crippen molar-refractivity contribution in [1.29, 1.82) is 0 Å². The van der Waals surface area contributed by atoms with Gasteiger partial charge in [-0.25, -0.2) is 0 Å². The minimum absolute atomic E-state index is 0.136. The van der Waals surface area contributed by atoms with Gasteiger partial charge in [0.05, 0.1) is 17.6 Å². The second kappa shape index (κ2) is 4.89. The lowest BCUT2D eigenvalue weighted by Gasteiger charge is -2.38. The fourth-order valence-electron chi connectivity index (χ4n) is 3.26. The van der Waals surface area contributed by atoms with Crippen LogP contribution in [0.5, 0.6) is 0 Å². The number of amides is 2. The van der Waals surface area contributed by atoms with E-state index >= 15 is 0 Å². The largest absolute Gasteiger partial charge is 0.388 e. The van der Waals surface area contributed by atoms with Crippen LogP contribution >= 0.6 is 0 Å². The third kappa shape index (κ3) is 2.83. The molecule has 2 aliphatic rings. The molecule has 1 saturated carbocycles. The number of β-amino-alcohol motifs (C(OH)–C–C–N with tert-alkyl or cyclic N) is 1. The summed E-state index contributed by atoms with van der Waals surface area (Å²) >= 11 is 0. The van der Waals surface area contributed by atoms with Crippen molar-refractivity contribution in [3.05, 3.63) is 0 Å². The van der Waals surface area contributed by atoms with Gasteiger partial charge < -0.3 is 5.11 Å². The average Bonchev–Trinajstić information content (AvgIpc) is 2.53. The molecule has 0 aromatic heterocycles. The highest BCUT2D eigenvalue weighted by molar-refractivity contribution is 6.05. The molecule has 2 fully saturated rings. The van der Waals surface area contributed by atoms with Crippen LogP contribution < -0.4 is 0 Å². The first-order valence-electron chi connectivity index (χ1n) is 7.34. The number of carbonyl (C=O) groups is 2. The third-order valence-electron chi connectivity index (χ3n) is 4.78. The number of hydrogen-bond acceptors (Lipinski definition) is 3. The lowest BCUT2D eigenvalue weighted by atomic mass is 9.77. The van der Waals surface area contributed by atoms with Crippen LogP contribution in [-0.4, -0.2) is 34.0 Å². The quantitative estimate of drug-likeness (QED) is 0.797. The van der Waals surface area contributed by atoms with E-state index in [1.165, 1.54) is 4.90 Å². The lowest BCUT2D eigenvalue weighted by Crippen LogP contribution is -2.48. The predicted octanol–water partition coefficient (Wildman–Crippen LogP) is 2.10. The van der Waals surface area contributed by atoms with E-state index in [-0.39, 0.29) is 24.8 Å². The predicted molar refractivity (Wildman–Crippen MR) is 72.3 cm³/mol. The third-order valence-corrected chi connectivity index (χ3v) is 4.78. The minimum atomic E-state index is -0.864. The van der Waals surface area contributed by atoms with Gasteiger partial charge in [-0.05, 0) is 31.6 Å². The van der Waals surface area contributed by atoms with Crippen LogP contribution in [-0.2, 0) is 9.59 Å². The van der Waals surface area contributed by atoms with E-state index in [1.54, 1.807) is 13.8 Å². The molecule has 4 heteroatoms. The van der Waals surface area contributed by atoms with Gasteiger partial charge in [-0.2, -0.15) is 0 Å². The van der Waals surface area contributed by atoms with Crippen molar-refractivity contribution < 1.29 is 14.7 Å². The topological polar surface area (TPSA) is 57.6 Å². The van der Waals surface area contributed by atoms with Gasteiger partial charge in [0.25, 0.3) is 0 Å². The average molecular weight is 267 g/mol. The van der Waals surface area contributed by atoms with E-state index in [0.29, 0.717) is 18.8 Å². The molecule has 2 amide bonds. The van der Waals surface area contributed by atoms with Crippen LogP contribution in [0.15, 0.2) is 0 Å². The number of nitrogens with zero attached hydrogens (tertiary/aromatic N) is 1. The summed E-state index contributed by atoms with van der Waals surface area (Å²) in [6.45, 7) is 5.95. The van der Waals surface area contributed by atoms with Crippen molar-refractivity contribution in [1.82, 2.24) is 4.90 Å². The monoisotopic (exact) mass is 267 g/mol. The van der Waals surface area contributed by atoms with E-state index in [0.717, 1.165) is 19.3 Å². The van der Waals surface area contributed by atoms with Crippen LogP contribution in [0, 0.1) is 11.3 Å². The zero-order chi connectivity index (χ0) is 14.3. The van der Waals surface area contributed by atoms with Crippen molar-refractivity contribution >= 4 is 11.8 Å². The number of imide groups is 1. The second-order valence-corrected chi connectivity index (χ2v) is 6.92. The van der Waals surface area contributed by atoms with Crippen molar-refractivity contribution in [3.63, 3.8) is 0 Å². The summed E-state index contributed by atoms with van der Waals surface area (Å²) in [6, 6.07) is 0. The summed E-state index contributed by atoms with van der Waals surface area (Å²) in [5.41, 5.74) is -1.47. The fraction of sp³-hybridized carbons (Fsp3) is 0.867. The molecule has 1 saturated heterocycles. The molecule has 1 aliphatic heterocycles. The minimum Gasteiger partial charge on any atom is -0.388 e. The fourth-order valence-corrected chi connectivity index (χ4v) is 3.26. The Morgan fingerprint density at radius 3 is 2.26 bits per heavy atom. The summed E-state index contributed by atoms with van der Waals surface area (Å²) in [4.78, 5) is 25.4. The van der Waals surface area contributed by atoms with Crippen LogP contribution in [0.2, 0.25) is 0 Å². The van der Waals surface area contributed by atoms with Gasteiger partial charge in [-0.3, -0.25) is 14.5 Å². The molecule has 19 heavy (non-hydrogen) atoms. The molecule has 0 unspecified atom stereocenters. The van der Waals surface area contributed by atoms with E-state index < -0.39 is 11.0 Å². The Kier molecular flexibility index (Phi) is 3.74. The highest BCUT2D eigenvalue weighted by Gasteiger charge is 2.47. The first-order valence-corrected chi connectivity index (χ1v) is 7.34. The molecule has 1 N–H and O–H groups in total. The lowest BCUT2D eigenvalue weighted by molar-refractivity contribution is -0.146. The van der Waals surface area contributed by atoms with Crippen LogP contribution in [0.3, 0.4) is 0 Å². The smallest absolute Gasteiger partial charge is 0.235 e. The first-order chi connectivity index (χ1) is 8.77. The molecule has 0 bridgehead atoms. The number of carbonyl (C=O) groups excluding carboxylic acids is 2. The van der Waals surface area contributed by atoms with E-state index in [9.17, 15) is 14.7 Å². The number of aliphatic hydroxyl groups is 1.